The fourth-order valence-corrected chi connectivity index (χ4v) is 4.76. The van der Waals surface area contributed by atoms with Gasteiger partial charge in [0.15, 0.2) is 6.10 Å². The minimum atomic E-state index is -0.734. The molecule has 6 nitrogen and oxygen atoms in total. The average molecular weight is 380 g/mol. The lowest BCUT2D eigenvalue weighted by atomic mass is 10.2. The van der Waals surface area contributed by atoms with Crippen LogP contribution in [0.3, 0.4) is 0 Å². The number of hydrogen-bond acceptors (Lipinski definition) is 7. The zero-order chi connectivity index (χ0) is 18.0. The van der Waals surface area contributed by atoms with Crippen molar-refractivity contribution in [1.82, 2.24) is 14.9 Å². The Bertz CT molecular complexity index is 800. The van der Waals surface area contributed by atoms with Crippen LogP contribution in [0.25, 0.3) is 10.2 Å². The summed E-state index contributed by atoms with van der Waals surface area (Å²) in [7, 11) is 0. The molecule has 0 radical (unpaired) electrons. The van der Waals surface area contributed by atoms with Crippen LogP contribution in [0.5, 0.6) is 0 Å². The third-order valence-corrected chi connectivity index (χ3v) is 6.41. The fourth-order valence-electron chi connectivity index (χ4n) is 2.86. The quantitative estimate of drug-likeness (QED) is 0.452. The van der Waals surface area contributed by atoms with Crippen molar-refractivity contribution >= 4 is 45.2 Å². The fraction of sp³-hybridized carbons (Fsp3) is 0.529. The Morgan fingerprint density at radius 1 is 1.32 bits per heavy atom. The Labute approximate surface area is 155 Å². The number of amides is 1. The normalized spacial score (nSPS) is 15.6. The smallest absolute Gasteiger partial charge is 0.317 e. The first-order chi connectivity index (χ1) is 12.0. The molecule has 0 N–H and O–H groups in total. The molecule has 1 aliphatic rings. The van der Waals surface area contributed by atoms with Gasteiger partial charge in [-0.2, -0.15) is 0 Å². The molecule has 1 fully saturated rings. The van der Waals surface area contributed by atoms with Crippen LogP contribution >= 0.6 is 23.1 Å². The molecule has 1 atom stereocenters. The second-order valence-corrected chi connectivity index (χ2v) is 8.26. The maximum Gasteiger partial charge on any atom is 0.317 e. The molecular formula is C17H21N3O3S2. The number of fused-ring (bicyclic) bond motifs is 1. The van der Waals surface area contributed by atoms with Gasteiger partial charge in [-0.25, -0.2) is 9.97 Å². The largest absolute Gasteiger partial charge is 0.452 e. The second kappa shape index (κ2) is 7.70. The van der Waals surface area contributed by atoms with Gasteiger partial charge in [0.25, 0.3) is 5.91 Å². The van der Waals surface area contributed by atoms with Gasteiger partial charge in [0.1, 0.15) is 16.2 Å². The molecule has 25 heavy (non-hydrogen) atoms. The highest BCUT2D eigenvalue weighted by Crippen LogP contribution is 2.34. The molecule has 2 aromatic heterocycles. The first-order valence-corrected chi connectivity index (χ1v) is 10.1. The molecule has 0 bridgehead atoms. The Morgan fingerprint density at radius 3 is 2.76 bits per heavy atom. The van der Waals surface area contributed by atoms with E-state index in [2.05, 4.69) is 16.9 Å². The molecule has 3 rings (SSSR count). The van der Waals surface area contributed by atoms with E-state index in [1.807, 2.05) is 6.92 Å². The molecule has 8 heteroatoms. The highest BCUT2D eigenvalue weighted by Gasteiger charge is 2.26. The lowest BCUT2D eigenvalue weighted by Crippen LogP contribution is -2.38. The van der Waals surface area contributed by atoms with Gasteiger partial charge in [-0.3, -0.25) is 9.59 Å². The van der Waals surface area contributed by atoms with Crippen molar-refractivity contribution in [2.45, 2.75) is 44.7 Å². The van der Waals surface area contributed by atoms with E-state index >= 15 is 0 Å². The van der Waals surface area contributed by atoms with Crippen molar-refractivity contribution in [1.29, 1.82) is 0 Å². The number of esters is 1. The SMILES string of the molecule is Cc1sc2ncnc(SCC(=O)O[C@H](C)C(=O)N3CCCC3)c2c1C. The summed E-state index contributed by atoms with van der Waals surface area (Å²) in [4.78, 5) is 36.8. The maximum absolute atomic E-state index is 12.2. The minimum absolute atomic E-state index is 0.107. The molecule has 134 valence electrons. The number of aryl methyl sites for hydroxylation is 2. The van der Waals surface area contributed by atoms with Gasteiger partial charge in [-0.1, -0.05) is 11.8 Å². The molecule has 1 aliphatic heterocycles. The van der Waals surface area contributed by atoms with E-state index in [0.29, 0.717) is 0 Å². The summed E-state index contributed by atoms with van der Waals surface area (Å²) >= 11 is 2.95. The number of thiophene rings is 1. The lowest BCUT2D eigenvalue weighted by Gasteiger charge is -2.20. The predicted octanol–water partition coefficient (Wildman–Crippen LogP) is 2.95. The third kappa shape index (κ3) is 3.95. The van der Waals surface area contributed by atoms with Crippen LogP contribution in [0.15, 0.2) is 11.4 Å². The van der Waals surface area contributed by atoms with Gasteiger partial charge in [0.05, 0.1) is 5.75 Å². The Hall–Kier alpha value is -1.67. The molecule has 2 aromatic rings. The third-order valence-electron chi connectivity index (χ3n) is 4.33. The lowest BCUT2D eigenvalue weighted by molar-refractivity contribution is -0.156. The topological polar surface area (TPSA) is 72.4 Å². The van der Waals surface area contributed by atoms with Crippen LogP contribution in [0.4, 0.5) is 0 Å². The molecule has 0 saturated carbocycles. The van der Waals surface area contributed by atoms with E-state index in [0.717, 1.165) is 46.7 Å². The van der Waals surface area contributed by atoms with Gasteiger partial charge in [0, 0.05) is 23.4 Å². The molecule has 0 spiro atoms. The van der Waals surface area contributed by atoms with E-state index in [9.17, 15) is 9.59 Å². The van der Waals surface area contributed by atoms with E-state index in [-0.39, 0.29) is 11.7 Å². The molecular weight excluding hydrogens is 358 g/mol. The first-order valence-electron chi connectivity index (χ1n) is 8.29. The predicted molar refractivity (Wildman–Crippen MR) is 99.0 cm³/mol. The summed E-state index contributed by atoms with van der Waals surface area (Å²) < 4.78 is 5.30. The van der Waals surface area contributed by atoms with Crippen molar-refractivity contribution in [3.8, 4) is 0 Å². The Balaban J connectivity index is 1.60. The molecule has 0 unspecified atom stereocenters. The average Bonchev–Trinajstić information content (AvgIpc) is 3.21. The standard InChI is InChI=1S/C17H21N3O3S2/c1-10-12(3)25-16-14(10)15(18-9-19-16)24-8-13(21)23-11(2)17(22)20-6-4-5-7-20/h9,11H,4-8H2,1-3H3/t11-/m1/s1. The van der Waals surface area contributed by atoms with Crippen LogP contribution in [0.1, 0.15) is 30.2 Å². The Morgan fingerprint density at radius 2 is 2.04 bits per heavy atom. The van der Waals surface area contributed by atoms with Crippen molar-refractivity contribution in [3.63, 3.8) is 0 Å². The van der Waals surface area contributed by atoms with Crippen LogP contribution in [-0.2, 0) is 14.3 Å². The van der Waals surface area contributed by atoms with E-state index in [1.54, 1.807) is 23.2 Å². The van der Waals surface area contributed by atoms with Crippen LogP contribution < -0.4 is 0 Å². The Kier molecular flexibility index (Phi) is 5.58. The van der Waals surface area contributed by atoms with Gasteiger partial charge >= 0.3 is 5.97 Å². The van der Waals surface area contributed by atoms with Gasteiger partial charge in [-0.15, -0.1) is 11.3 Å². The number of ether oxygens (including phenoxy) is 1. The summed E-state index contributed by atoms with van der Waals surface area (Å²) in [6.07, 6.45) is 2.82. The van der Waals surface area contributed by atoms with Crippen LogP contribution in [0, 0.1) is 13.8 Å². The number of hydrogen-bond donors (Lipinski definition) is 0. The van der Waals surface area contributed by atoms with Crippen LogP contribution in [-0.4, -0.2) is 51.7 Å². The summed E-state index contributed by atoms with van der Waals surface area (Å²) in [6.45, 7) is 7.24. The summed E-state index contributed by atoms with van der Waals surface area (Å²) in [5, 5.41) is 1.78. The molecule has 3 heterocycles. The molecule has 1 saturated heterocycles. The highest BCUT2D eigenvalue weighted by atomic mass is 32.2. The van der Waals surface area contributed by atoms with E-state index in [1.165, 1.54) is 23.0 Å². The zero-order valence-corrected chi connectivity index (χ0v) is 16.2. The monoisotopic (exact) mass is 379 g/mol. The van der Waals surface area contributed by atoms with Crippen molar-refractivity contribution in [2.75, 3.05) is 18.8 Å². The van der Waals surface area contributed by atoms with E-state index < -0.39 is 12.1 Å². The number of likely N-dealkylation sites (tertiary alicyclic amines) is 1. The van der Waals surface area contributed by atoms with Crippen molar-refractivity contribution < 1.29 is 14.3 Å². The molecule has 0 aromatic carbocycles. The maximum atomic E-state index is 12.2. The number of rotatable bonds is 5. The number of thioether (sulfide) groups is 1. The summed E-state index contributed by atoms with van der Waals surface area (Å²) in [5.41, 5.74) is 1.15. The molecule has 1 amide bonds. The van der Waals surface area contributed by atoms with Crippen molar-refractivity contribution in [2.24, 2.45) is 0 Å². The van der Waals surface area contributed by atoms with Crippen molar-refractivity contribution in [3.05, 3.63) is 16.8 Å². The number of nitrogens with zero attached hydrogens (tertiary/aromatic N) is 3. The zero-order valence-electron chi connectivity index (χ0n) is 14.6. The number of aromatic nitrogens is 2. The summed E-state index contributed by atoms with van der Waals surface area (Å²) in [6, 6.07) is 0. The van der Waals surface area contributed by atoms with Crippen LogP contribution in [0.2, 0.25) is 0 Å². The summed E-state index contributed by atoms with van der Waals surface area (Å²) in [5.74, 6) is -0.385. The van der Waals surface area contributed by atoms with Gasteiger partial charge in [-0.05, 0) is 39.2 Å². The first kappa shape index (κ1) is 18.1. The second-order valence-electron chi connectivity index (χ2n) is 6.10. The van der Waals surface area contributed by atoms with Gasteiger partial charge < -0.3 is 9.64 Å². The minimum Gasteiger partial charge on any atom is -0.452 e. The van der Waals surface area contributed by atoms with E-state index in [4.69, 9.17) is 4.74 Å². The number of carbonyl (C=O) groups is 2. The number of carbonyl (C=O) groups excluding carboxylic acids is 2. The highest BCUT2D eigenvalue weighted by molar-refractivity contribution is 8.00. The van der Waals surface area contributed by atoms with Gasteiger partial charge in [0.2, 0.25) is 0 Å². The molecule has 0 aliphatic carbocycles.